The molecule has 0 saturated carbocycles. The molecule has 1 rings (SSSR count). The maximum Gasteiger partial charge on any atom is 0.0606 e. The topological polar surface area (TPSA) is 35.5 Å². The van der Waals surface area contributed by atoms with Gasteiger partial charge in [0.1, 0.15) is 0 Å². The molecule has 0 atom stereocenters. The van der Waals surface area contributed by atoms with Gasteiger partial charge in [-0.15, -0.1) is 0 Å². The monoisotopic (exact) mass is 300 g/mol. The summed E-state index contributed by atoms with van der Waals surface area (Å²) in [6.07, 6.45) is 1.12. The molecule has 0 heterocycles. The largest absolute Gasteiger partial charge is 0.395 e. The molecule has 0 aliphatic carbocycles. The van der Waals surface area contributed by atoms with Crippen molar-refractivity contribution in [3.8, 4) is 0 Å². The lowest BCUT2D eigenvalue weighted by molar-refractivity contribution is 0.302. The number of anilines is 2. The molecule has 1 aromatic rings. The number of nitrogens with zero attached hydrogens (tertiary/aromatic N) is 1. The summed E-state index contributed by atoms with van der Waals surface area (Å²) >= 11 is 3.41. The molecule has 0 fully saturated rings. The lowest BCUT2D eigenvalue weighted by atomic mass is 10.2. The molecule has 4 heteroatoms. The van der Waals surface area contributed by atoms with Crippen LogP contribution in [-0.4, -0.2) is 36.7 Å². The first kappa shape index (κ1) is 14.3. The normalized spacial score (nSPS) is 10.3. The van der Waals surface area contributed by atoms with Gasteiger partial charge in [0, 0.05) is 36.3 Å². The highest BCUT2D eigenvalue weighted by Gasteiger charge is 2.02. The Morgan fingerprint density at radius 1 is 1.29 bits per heavy atom. The number of halogens is 1. The lowest BCUT2D eigenvalue weighted by Gasteiger charge is -2.22. The van der Waals surface area contributed by atoms with Gasteiger partial charge in [0.25, 0.3) is 0 Å². The van der Waals surface area contributed by atoms with Gasteiger partial charge in [-0.3, -0.25) is 0 Å². The van der Waals surface area contributed by atoms with Gasteiger partial charge in [0.2, 0.25) is 0 Å². The fourth-order valence-corrected chi connectivity index (χ4v) is 1.96. The summed E-state index contributed by atoms with van der Waals surface area (Å²) in [6.45, 7) is 4.87. The van der Waals surface area contributed by atoms with Crippen molar-refractivity contribution in [3.63, 3.8) is 0 Å². The highest BCUT2D eigenvalue weighted by Crippen LogP contribution is 2.17. The molecule has 0 aliphatic rings. The van der Waals surface area contributed by atoms with Crippen molar-refractivity contribution in [1.82, 2.24) is 0 Å². The Balaban J connectivity index is 2.53. The minimum Gasteiger partial charge on any atom is -0.395 e. The van der Waals surface area contributed by atoms with Crippen LogP contribution < -0.4 is 10.2 Å². The molecule has 0 spiro atoms. The number of nitrogens with one attached hydrogen (secondary N) is 1. The van der Waals surface area contributed by atoms with Gasteiger partial charge < -0.3 is 15.3 Å². The smallest absolute Gasteiger partial charge is 0.0606 e. The van der Waals surface area contributed by atoms with E-state index in [-0.39, 0.29) is 6.61 Å². The number of alkyl halides is 1. The Morgan fingerprint density at radius 2 is 2.00 bits per heavy atom. The van der Waals surface area contributed by atoms with Crippen LogP contribution in [0.15, 0.2) is 24.3 Å². The average Bonchev–Trinajstić information content (AvgIpc) is 2.37. The molecule has 3 nitrogen and oxygen atoms in total. The van der Waals surface area contributed by atoms with Crippen molar-refractivity contribution in [3.05, 3.63) is 24.3 Å². The summed E-state index contributed by atoms with van der Waals surface area (Å²) < 4.78 is 0. The second kappa shape index (κ2) is 8.37. The number of aliphatic hydroxyl groups excluding tert-OH is 1. The van der Waals surface area contributed by atoms with Gasteiger partial charge in [-0.2, -0.15) is 0 Å². The molecule has 17 heavy (non-hydrogen) atoms. The zero-order chi connectivity index (χ0) is 12.5. The number of hydrogen-bond donors (Lipinski definition) is 2. The predicted octanol–water partition coefficient (Wildman–Crippen LogP) is 2.70. The third kappa shape index (κ3) is 4.96. The summed E-state index contributed by atoms with van der Waals surface area (Å²) in [5.41, 5.74) is 2.31. The van der Waals surface area contributed by atoms with Crippen LogP contribution in [0.4, 0.5) is 11.4 Å². The van der Waals surface area contributed by atoms with Gasteiger partial charge in [-0.25, -0.2) is 0 Å². The average molecular weight is 301 g/mol. The molecule has 0 saturated heterocycles. The predicted molar refractivity (Wildman–Crippen MR) is 78.3 cm³/mol. The minimum atomic E-state index is 0.194. The van der Waals surface area contributed by atoms with E-state index in [1.165, 1.54) is 0 Å². The van der Waals surface area contributed by atoms with E-state index in [0.717, 1.165) is 36.2 Å². The van der Waals surface area contributed by atoms with Crippen LogP contribution in [0.1, 0.15) is 13.3 Å². The molecule has 96 valence electrons. The summed E-state index contributed by atoms with van der Waals surface area (Å²) in [6, 6.07) is 8.36. The molecule has 2 N–H and O–H groups in total. The number of aliphatic hydroxyl groups is 1. The molecule has 0 aliphatic heterocycles. The van der Waals surface area contributed by atoms with E-state index in [1.54, 1.807) is 0 Å². The van der Waals surface area contributed by atoms with Crippen molar-refractivity contribution >= 4 is 27.3 Å². The van der Waals surface area contributed by atoms with Crippen molar-refractivity contribution in [1.29, 1.82) is 0 Å². The molecule has 0 unspecified atom stereocenters. The van der Waals surface area contributed by atoms with Crippen molar-refractivity contribution in [2.75, 3.05) is 41.8 Å². The van der Waals surface area contributed by atoms with Crippen molar-refractivity contribution in [2.45, 2.75) is 13.3 Å². The van der Waals surface area contributed by atoms with Crippen molar-refractivity contribution < 1.29 is 5.11 Å². The van der Waals surface area contributed by atoms with E-state index in [2.05, 4.69) is 57.3 Å². The van der Waals surface area contributed by atoms with Crippen LogP contribution in [0.25, 0.3) is 0 Å². The molecule has 0 bridgehead atoms. The summed E-state index contributed by atoms with van der Waals surface area (Å²) in [4.78, 5) is 2.16. The van der Waals surface area contributed by atoms with E-state index in [0.29, 0.717) is 6.54 Å². The van der Waals surface area contributed by atoms with Crippen LogP contribution in [-0.2, 0) is 0 Å². The zero-order valence-electron chi connectivity index (χ0n) is 10.3. The Bertz CT molecular complexity index is 303. The van der Waals surface area contributed by atoms with E-state index in [9.17, 15) is 0 Å². The first-order valence-electron chi connectivity index (χ1n) is 6.07. The van der Waals surface area contributed by atoms with E-state index < -0.39 is 0 Å². The second-order valence-electron chi connectivity index (χ2n) is 3.82. The SMILES string of the molecule is CCN(CCO)c1ccc(NCCCBr)cc1. The summed E-state index contributed by atoms with van der Waals surface area (Å²) in [7, 11) is 0. The maximum atomic E-state index is 8.97. The number of rotatable bonds is 8. The Kier molecular flexibility index (Phi) is 7.05. The maximum absolute atomic E-state index is 8.97. The van der Waals surface area contributed by atoms with E-state index in [4.69, 9.17) is 5.11 Å². The molecule has 0 aromatic heterocycles. The summed E-state index contributed by atoms with van der Waals surface area (Å²) in [5, 5.41) is 13.4. The molecule has 0 radical (unpaired) electrons. The standard InChI is InChI=1S/C13H21BrN2O/c1-2-16(10-11-17)13-6-4-12(5-7-13)15-9-3-8-14/h4-7,15,17H,2-3,8-11H2,1H3. The first-order chi connectivity index (χ1) is 8.31. The molecular weight excluding hydrogens is 280 g/mol. The van der Waals surface area contributed by atoms with Gasteiger partial charge in [0.15, 0.2) is 0 Å². The lowest BCUT2D eigenvalue weighted by Crippen LogP contribution is -2.25. The fourth-order valence-electron chi connectivity index (χ4n) is 1.68. The Hall–Kier alpha value is -0.740. The van der Waals surface area contributed by atoms with Crippen LogP contribution >= 0.6 is 15.9 Å². The Labute approximate surface area is 112 Å². The first-order valence-corrected chi connectivity index (χ1v) is 7.19. The van der Waals surface area contributed by atoms with Crippen molar-refractivity contribution in [2.24, 2.45) is 0 Å². The molecular formula is C13H21BrN2O. The fraction of sp³-hybridized carbons (Fsp3) is 0.538. The zero-order valence-corrected chi connectivity index (χ0v) is 11.9. The van der Waals surface area contributed by atoms with Crippen LogP contribution in [0, 0.1) is 0 Å². The van der Waals surface area contributed by atoms with Crippen LogP contribution in [0.3, 0.4) is 0 Å². The third-order valence-electron chi connectivity index (χ3n) is 2.62. The van der Waals surface area contributed by atoms with E-state index in [1.807, 2.05) is 0 Å². The van der Waals surface area contributed by atoms with Crippen LogP contribution in [0.2, 0.25) is 0 Å². The van der Waals surface area contributed by atoms with Gasteiger partial charge in [-0.1, -0.05) is 15.9 Å². The van der Waals surface area contributed by atoms with Crippen LogP contribution in [0.5, 0.6) is 0 Å². The second-order valence-corrected chi connectivity index (χ2v) is 4.61. The third-order valence-corrected chi connectivity index (χ3v) is 3.18. The Morgan fingerprint density at radius 3 is 2.53 bits per heavy atom. The minimum absolute atomic E-state index is 0.194. The number of benzene rings is 1. The van der Waals surface area contributed by atoms with E-state index >= 15 is 0 Å². The van der Waals surface area contributed by atoms with Gasteiger partial charge >= 0.3 is 0 Å². The molecule has 0 amide bonds. The molecule has 1 aromatic carbocycles. The number of hydrogen-bond acceptors (Lipinski definition) is 3. The van der Waals surface area contributed by atoms with Gasteiger partial charge in [-0.05, 0) is 37.6 Å². The highest BCUT2D eigenvalue weighted by atomic mass is 79.9. The number of likely N-dealkylation sites (N-methyl/N-ethyl adjacent to an activating group) is 1. The quantitative estimate of drug-likeness (QED) is 0.572. The highest BCUT2D eigenvalue weighted by molar-refractivity contribution is 9.09. The summed E-state index contributed by atoms with van der Waals surface area (Å²) in [5.74, 6) is 0. The van der Waals surface area contributed by atoms with Gasteiger partial charge in [0.05, 0.1) is 6.61 Å².